The van der Waals surface area contributed by atoms with Gasteiger partial charge in [0.15, 0.2) is 0 Å². The summed E-state index contributed by atoms with van der Waals surface area (Å²) in [6, 6.07) is 9.30. The van der Waals surface area contributed by atoms with Crippen molar-refractivity contribution in [3.05, 3.63) is 36.0 Å². The molecular formula is C12H14N. The van der Waals surface area contributed by atoms with E-state index >= 15 is 0 Å². The summed E-state index contributed by atoms with van der Waals surface area (Å²) in [5.74, 6) is 0. The molecule has 1 aromatic heterocycles. The van der Waals surface area contributed by atoms with Gasteiger partial charge in [0.2, 0.25) is 0 Å². The van der Waals surface area contributed by atoms with Crippen molar-refractivity contribution in [3.8, 4) is 0 Å². The molecule has 0 unspecified atom stereocenters. The van der Waals surface area contributed by atoms with E-state index in [9.17, 15) is 0 Å². The predicted octanol–water partition coefficient (Wildman–Crippen LogP) is 3.16. The van der Waals surface area contributed by atoms with E-state index in [0.717, 1.165) is 6.54 Å². The Bertz CT molecular complexity index is 412. The smallest absolute Gasteiger partial charge is 0.0483 e. The minimum absolute atomic E-state index is 1.11. The first-order valence-corrected chi connectivity index (χ1v) is 4.78. The van der Waals surface area contributed by atoms with Crippen molar-refractivity contribution < 1.29 is 0 Å². The van der Waals surface area contributed by atoms with Gasteiger partial charge in [-0.1, -0.05) is 13.0 Å². The Labute approximate surface area is 79.0 Å². The van der Waals surface area contributed by atoms with Crippen LogP contribution >= 0.6 is 0 Å². The quantitative estimate of drug-likeness (QED) is 0.655. The molecule has 0 spiro atoms. The Morgan fingerprint density at radius 1 is 1.46 bits per heavy atom. The highest BCUT2D eigenvalue weighted by Crippen LogP contribution is 2.20. The third kappa shape index (κ3) is 1.35. The molecule has 0 saturated heterocycles. The Hall–Kier alpha value is -1.24. The molecule has 1 heteroatoms. The molecule has 0 bridgehead atoms. The van der Waals surface area contributed by atoms with Crippen LogP contribution in [-0.2, 0) is 6.54 Å². The average molecular weight is 172 g/mol. The zero-order valence-corrected chi connectivity index (χ0v) is 8.17. The molecule has 1 radical (unpaired) electrons. The fourth-order valence-electron chi connectivity index (χ4n) is 1.79. The molecule has 0 fully saturated rings. The van der Waals surface area contributed by atoms with E-state index < -0.39 is 0 Å². The number of fused-ring (bicyclic) bond motifs is 1. The molecule has 67 valence electrons. The van der Waals surface area contributed by atoms with E-state index in [2.05, 4.69) is 42.8 Å². The number of aryl methyl sites for hydroxylation is 2. The largest absolute Gasteiger partial charge is 0.347 e. The fourth-order valence-corrected chi connectivity index (χ4v) is 1.79. The van der Waals surface area contributed by atoms with E-state index in [1.165, 1.54) is 22.9 Å². The van der Waals surface area contributed by atoms with E-state index in [4.69, 9.17) is 0 Å². The van der Waals surface area contributed by atoms with Crippen LogP contribution in [0.5, 0.6) is 0 Å². The van der Waals surface area contributed by atoms with Gasteiger partial charge in [0.05, 0.1) is 0 Å². The maximum absolute atomic E-state index is 3.12. The van der Waals surface area contributed by atoms with Crippen molar-refractivity contribution in [2.45, 2.75) is 26.8 Å². The van der Waals surface area contributed by atoms with Gasteiger partial charge < -0.3 is 4.57 Å². The number of rotatable bonds is 2. The van der Waals surface area contributed by atoms with Gasteiger partial charge in [-0.05, 0) is 37.1 Å². The topological polar surface area (TPSA) is 4.93 Å². The van der Waals surface area contributed by atoms with E-state index in [1.54, 1.807) is 0 Å². The first-order chi connectivity index (χ1) is 6.33. The number of hydrogen-bond donors (Lipinski definition) is 0. The Morgan fingerprint density at radius 2 is 2.31 bits per heavy atom. The molecule has 0 aliphatic carbocycles. The van der Waals surface area contributed by atoms with Crippen LogP contribution in [-0.4, -0.2) is 4.57 Å². The van der Waals surface area contributed by atoms with Crippen LogP contribution in [0.25, 0.3) is 10.9 Å². The second-order valence-corrected chi connectivity index (χ2v) is 3.45. The van der Waals surface area contributed by atoms with Crippen molar-refractivity contribution in [1.29, 1.82) is 0 Å². The fraction of sp³-hybridized carbons (Fsp3) is 0.333. The molecule has 0 atom stereocenters. The lowest BCUT2D eigenvalue weighted by Gasteiger charge is -2.00. The van der Waals surface area contributed by atoms with Crippen LogP contribution in [0.4, 0.5) is 0 Å². The van der Waals surface area contributed by atoms with Gasteiger partial charge in [-0.15, -0.1) is 0 Å². The summed E-state index contributed by atoms with van der Waals surface area (Å²) >= 11 is 0. The Morgan fingerprint density at radius 3 is 3.08 bits per heavy atom. The highest BCUT2D eigenvalue weighted by molar-refractivity contribution is 5.83. The summed E-state index contributed by atoms with van der Waals surface area (Å²) in [6.45, 7) is 5.47. The number of nitrogens with zero attached hydrogens (tertiary/aromatic N) is 1. The average Bonchev–Trinajstić information content (AvgIpc) is 2.46. The van der Waals surface area contributed by atoms with E-state index in [-0.39, 0.29) is 0 Å². The highest BCUT2D eigenvalue weighted by Gasteiger charge is 2.02. The predicted molar refractivity (Wildman–Crippen MR) is 55.8 cm³/mol. The second-order valence-electron chi connectivity index (χ2n) is 3.45. The molecule has 0 saturated carbocycles. The van der Waals surface area contributed by atoms with Gasteiger partial charge in [0, 0.05) is 23.6 Å². The van der Waals surface area contributed by atoms with Crippen LogP contribution in [0, 0.1) is 13.0 Å². The molecule has 0 aliphatic heterocycles. The number of hydrogen-bond acceptors (Lipinski definition) is 0. The molecule has 2 aromatic rings. The summed E-state index contributed by atoms with van der Waals surface area (Å²) < 4.78 is 2.32. The third-order valence-corrected chi connectivity index (χ3v) is 2.39. The molecule has 0 N–H and O–H groups in total. The van der Waals surface area contributed by atoms with Gasteiger partial charge in [0.1, 0.15) is 0 Å². The molecule has 0 amide bonds. The van der Waals surface area contributed by atoms with Crippen LogP contribution in [0.15, 0.2) is 24.4 Å². The summed E-state index contributed by atoms with van der Waals surface area (Å²) in [7, 11) is 0. The zero-order valence-electron chi connectivity index (χ0n) is 8.17. The Balaban J connectivity index is 2.63. The third-order valence-electron chi connectivity index (χ3n) is 2.39. The summed E-state index contributed by atoms with van der Waals surface area (Å²) in [4.78, 5) is 0. The normalized spacial score (nSPS) is 10.9. The van der Waals surface area contributed by atoms with Crippen molar-refractivity contribution in [3.63, 3.8) is 0 Å². The van der Waals surface area contributed by atoms with Gasteiger partial charge in [0.25, 0.3) is 0 Å². The van der Waals surface area contributed by atoms with Gasteiger partial charge >= 0.3 is 0 Å². The molecule has 1 nitrogen and oxygen atoms in total. The van der Waals surface area contributed by atoms with E-state index in [0.29, 0.717) is 0 Å². The van der Waals surface area contributed by atoms with Crippen LogP contribution in [0.3, 0.4) is 0 Å². The summed E-state index contributed by atoms with van der Waals surface area (Å²) in [5.41, 5.74) is 2.68. The van der Waals surface area contributed by atoms with Crippen molar-refractivity contribution in [2.24, 2.45) is 0 Å². The molecule has 1 aromatic carbocycles. The first-order valence-electron chi connectivity index (χ1n) is 4.78. The molecule has 13 heavy (non-hydrogen) atoms. The lowest BCUT2D eigenvalue weighted by Crippen LogP contribution is -1.93. The van der Waals surface area contributed by atoms with Crippen LogP contribution in [0.2, 0.25) is 0 Å². The standard InChI is InChI=1S/C12H14N/c1-3-8-13-9-10(2)11-6-4-5-7-12(11)13/h5-7,9H,3,8H2,1-2H3. The van der Waals surface area contributed by atoms with Crippen LogP contribution in [0.1, 0.15) is 18.9 Å². The zero-order chi connectivity index (χ0) is 9.26. The number of aromatic nitrogens is 1. The maximum atomic E-state index is 3.12. The maximum Gasteiger partial charge on any atom is 0.0483 e. The summed E-state index contributed by atoms with van der Waals surface area (Å²) in [6.07, 6.45) is 3.41. The van der Waals surface area contributed by atoms with Crippen molar-refractivity contribution >= 4 is 10.9 Å². The molecule has 2 rings (SSSR count). The first kappa shape index (κ1) is 8.36. The minimum Gasteiger partial charge on any atom is -0.347 e. The Kier molecular flexibility index (Phi) is 2.09. The van der Waals surface area contributed by atoms with Crippen molar-refractivity contribution in [2.75, 3.05) is 0 Å². The lowest BCUT2D eigenvalue weighted by atomic mass is 10.2. The van der Waals surface area contributed by atoms with E-state index in [1.807, 2.05) is 6.07 Å². The molecule has 1 heterocycles. The highest BCUT2D eigenvalue weighted by atomic mass is 14.9. The SMILES string of the molecule is CCCn1cc(C)c2c[c]ccc21. The van der Waals surface area contributed by atoms with Gasteiger partial charge in [-0.25, -0.2) is 0 Å². The second kappa shape index (κ2) is 3.25. The lowest BCUT2D eigenvalue weighted by molar-refractivity contribution is 0.702. The van der Waals surface area contributed by atoms with Crippen LogP contribution < -0.4 is 0 Å². The summed E-state index contributed by atoms with van der Waals surface area (Å²) in [5, 5.41) is 1.33. The minimum atomic E-state index is 1.11. The number of benzene rings is 1. The molecule has 0 aliphatic rings. The monoisotopic (exact) mass is 172 g/mol. The van der Waals surface area contributed by atoms with Gasteiger partial charge in [-0.2, -0.15) is 0 Å². The van der Waals surface area contributed by atoms with Gasteiger partial charge in [-0.3, -0.25) is 0 Å². The molecular weight excluding hydrogens is 158 g/mol. The van der Waals surface area contributed by atoms with Crippen molar-refractivity contribution in [1.82, 2.24) is 4.57 Å².